The Morgan fingerprint density at radius 3 is 2.67 bits per heavy atom. The first kappa shape index (κ1) is 11.4. The standard InChI is InChI=1S/C10H15N5/c1-6(12)5-13-10-9(4-11)7(2)8(3)14-15-10/h6H,5,12H2,1-3H3,(H,13,15). The lowest BCUT2D eigenvalue weighted by molar-refractivity contribution is 0.772. The van der Waals surface area contributed by atoms with Crippen LogP contribution in [0.15, 0.2) is 0 Å². The quantitative estimate of drug-likeness (QED) is 0.759. The first-order valence-corrected chi connectivity index (χ1v) is 4.79. The van der Waals surface area contributed by atoms with Gasteiger partial charge in [-0.15, -0.1) is 5.10 Å². The fourth-order valence-electron chi connectivity index (χ4n) is 1.13. The Morgan fingerprint density at radius 1 is 1.47 bits per heavy atom. The van der Waals surface area contributed by atoms with Gasteiger partial charge in [-0.1, -0.05) is 0 Å². The summed E-state index contributed by atoms with van der Waals surface area (Å²) < 4.78 is 0. The van der Waals surface area contributed by atoms with Crippen molar-refractivity contribution in [3.63, 3.8) is 0 Å². The lowest BCUT2D eigenvalue weighted by Crippen LogP contribution is -2.26. The number of nitrogens with zero attached hydrogens (tertiary/aromatic N) is 3. The van der Waals surface area contributed by atoms with E-state index in [1.54, 1.807) is 0 Å². The van der Waals surface area contributed by atoms with Gasteiger partial charge in [-0.05, 0) is 26.3 Å². The van der Waals surface area contributed by atoms with Crippen LogP contribution < -0.4 is 11.1 Å². The predicted octanol–water partition coefficient (Wildman–Crippen LogP) is 0.724. The second-order valence-corrected chi connectivity index (χ2v) is 3.60. The van der Waals surface area contributed by atoms with Crippen molar-refractivity contribution in [1.82, 2.24) is 10.2 Å². The Morgan fingerprint density at radius 2 is 2.13 bits per heavy atom. The number of nitrogens with one attached hydrogen (secondary N) is 1. The number of aryl methyl sites for hydroxylation is 1. The molecule has 0 amide bonds. The molecule has 0 aliphatic heterocycles. The van der Waals surface area contributed by atoms with Gasteiger partial charge in [-0.25, -0.2) is 0 Å². The lowest BCUT2D eigenvalue weighted by atomic mass is 10.1. The minimum absolute atomic E-state index is 0.0138. The molecule has 0 saturated heterocycles. The van der Waals surface area contributed by atoms with Gasteiger partial charge in [0.15, 0.2) is 5.82 Å². The summed E-state index contributed by atoms with van der Waals surface area (Å²) in [7, 11) is 0. The topological polar surface area (TPSA) is 87.6 Å². The lowest BCUT2D eigenvalue weighted by Gasteiger charge is -2.10. The van der Waals surface area contributed by atoms with E-state index in [0.29, 0.717) is 17.9 Å². The molecule has 0 fully saturated rings. The number of rotatable bonds is 3. The molecule has 1 aromatic rings. The summed E-state index contributed by atoms with van der Waals surface area (Å²) in [4.78, 5) is 0. The third kappa shape index (κ3) is 2.64. The number of hydrogen-bond donors (Lipinski definition) is 2. The van der Waals surface area contributed by atoms with E-state index >= 15 is 0 Å². The van der Waals surface area contributed by atoms with Gasteiger partial charge in [0.2, 0.25) is 0 Å². The van der Waals surface area contributed by atoms with E-state index in [-0.39, 0.29) is 6.04 Å². The van der Waals surface area contributed by atoms with Crippen molar-refractivity contribution >= 4 is 5.82 Å². The Labute approximate surface area is 89.3 Å². The summed E-state index contributed by atoms with van der Waals surface area (Å²) in [6.45, 7) is 6.15. The zero-order valence-electron chi connectivity index (χ0n) is 9.20. The molecule has 1 rings (SSSR count). The highest BCUT2D eigenvalue weighted by atomic mass is 15.2. The highest BCUT2D eigenvalue weighted by Gasteiger charge is 2.10. The molecule has 3 N–H and O–H groups in total. The van der Waals surface area contributed by atoms with Crippen LogP contribution in [0.2, 0.25) is 0 Å². The zero-order chi connectivity index (χ0) is 11.4. The molecule has 5 heteroatoms. The second kappa shape index (κ2) is 4.71. The number of anilines is 1. The number of nitriles is 1. The Kier molecular flexibility index (Phi) is 3.58. The molecule has 1 aromatic heterocycles. The highest BCUT2D eigenvalue weighted by molar-refractivity contribution is 5.55. The van der Waals surface area contributed by atoms with Crippen LogP contribution in [-0.4, -0.2) is 22.8 Å². The molecule has 0 radical (unpaired) electrons. The van der Waals surface area contributed by atoms with E-state index in [9.17, 15) is 0 Å². The average Bonchev–Trinajstić information content (AvgIpc) is 2.19. The van der Waals surface area contributed by atoms with E-state index in [1.807, 2.05) is 20.8 Å². The van der Waals surface area contributed by atoms with Crippen molar-refractivity contribution in [3.8, 4) is 6.07 Å². The molecule has 80 valence electrons. The van der Waals surface area contributed by atoms with Gasteiger partial charge in [0.1, 0.15) is 11.6 Å². The van der Waals surface area contributed by atoms with Crippen LogP contribution in [-0.2, 0) is 0 Å². The number of nitrogens with two attached hydrogens (primary N) is 1. The number of hydrogen-bond acceptors (Lipinski definition) is 5. The van der Waals surface area contributed by atoms with Crippen LogP contribution in [0.5, 0.6) is 0 Å². The van der Waals surface area contributed by atoms with E-state index in [1.165, 1.54) is 0 Å². The van der Waals surface area contributed by atoms with Gasteiger partial charge in [0.05, 0.1) is 5.69 Å². The Balaban J connectivity index is 2.99. The summed E-state index contributed by atoms with van der Waals surface area (Å²) in [5, 5.41) is 19.9. The molecular formula is C10H15N5. The SMILES string of the molecule is Cc1nnc(NCC(C)N)c(C#N)c1C. The minimum atomic E-state index is 0.0138. The van der Waals surface area contributed by atoms with Crippen LogP contribution in [0.25, 0.3) is 0 Å². The minimum Gasteiger partial charge on any atom is -0.366 e. The fraction of sp³-hybridized carbons (Fsp3) is 0.500. The molecule has 0 aromatic carbocycles. The van der Waals surface area contributed by atoms with Crippen molar-refractivity contribution in [1.29, 1.82) is 5.26 Å². The summed E-state index contributed by atoms with van der Waals surface area (Å²) in [6, 6.07) is 2.14. The third-order valence-corrected chi connectivity index (χ3v) is 2.16. The van der Waals surface area contributed by atoms with Crippen LogP contribution in [0.3, 0.4) is 0 Å². The molecule has 0 spiro atoms. The van der Waals surface area contributed by atoms with Gasteiger partial charge in [-0.2, -0.15) is 10.4 Å². The van der Waals surface area contributed by atoms with Crippen molar-refractivity contribution in [3.05, 3.63) is 16.8 Å². The largest absolute Gasteiger partial charge is 0.366 e. The second-order valence-electron chi connectivity index (χ2n) is 3.60. The summed E-state index contributed by atoms with van der Waals surface area (Å²) >= 11 is 0. The Bertz CT molecular complexity index is 392. The summed E-state index contributed by atoms with van der Waals surface area (Å²) in [5.41, 5.74) is 7.79. The molecular weight excluding hydrogens is 190 g/mol. The summed E-state index contributed by atoms with van der Waals surface area (Å²) in [6.07, 6.45) is 0. The van der Waals surface area contributed by atoms with Gasteiger partial charge < -0.3 is 11.1 Å². The van der Waals surface area contributed by atoms with E-state index < -0.39 is 0 Å². The van der Waals surface area contributed by atoms with Gasteiger partial charge in [0.25, 0.3) is 0 Å². The molecule has 0 bridgehead atoms. The highest BCUT2D eigenvalue weighted by Crippen LogP contribution is 2.16. The van der Waals surface area contributed by atoms with E-state index in [0.717, 1.165) is 11.3 Å². The van der Waals surface area contributed by atoms with Gasteiger partial charge in [0, 0.05) is 12.6 Å². The summed E-state index contributed by atoms with van der Waals surface area (Å²) in [5.74, 6) is 0.512. The molecule has 5 nitrogen and oxygen atoms in total. The maximum Gasteiger partial charge on any atom is 0.166 e. The van der Waals surface area contributed by atoms with Crippen LogP contribution in [0.1, 0.15) is 23.7 Å². The molecule has 15 heavy (non-hydrogen) atoms. The molecule has 1 atom stereocenters. The first-order chi connectivity index (χ1) is 7.06. The van der Waals surface area contributed by atoms with E-state index in [2.05, 4.69) is 21.6 Å². The maximum atomic E-state index is 9.00. The molecule has 0 aliphatic carbocycles. The van der Waals surface area contributed by atoms with Crippen LogP contribution in [0, 0.1) is 25.2 Å². The predicted molar refractivity (Wildman–Crippen MR) is 58.4 cm³/mol. The average molecular weight is 205 g/mol. The van der Waals surface area contributed by atoms with Gasteiger partial charge >= 0.3 is 0 Å². The molecule has 0 aliphatic rings. The third-order valence-electron chi connectivity index (χ3n) is 2.16. The Hall–Kier alpha value is -1.67. The van der Waals surface area contributed by atoms with Crippen molar-refractivity contribution in [2.24, 2.45) is 5.73 Å². The normalized spacial score (nSPS) is 11.9. The fourth-order valence-corrected chi connectivity index (χ4v) is 1.13. The van der Waals surface area contributed by atoms with Crippen LogP contribution in [0.4, 0.5) is 5.82 Å². The van der Waals surface area contributed by atoms with Crippen molar-refractivity contribution in [2.75, 3.05) is 11.9 Å². The van der Waals surface area contributed by atoms with Crippen molar-refractivity contribution in [2.45, 2.75) is 26.8 Å². The zero-order valence-corrected chi connectivity index (χ0v) is 9.20. The van der Waals surface area contributed by atoms with Crippen molar-refractivity contribution < 1.29 is 0 Å². The molecule has 1 unspecified atom stereocenters. The maximum absolute atomic E-state index is 9.00. The number of aromatic nitrogens is 2. The van der Waals surface area contributed by atoms with Gasteiger partial charge in [-0.3, -0.25) is 0 Å². The van der Waals surface area contributed by atoms with E-state index in [4.69, 9.17) is 11.0 Å². The molecule has 1 heterocycles. The monoisotopic (exact) mass is 205 g/mol. The first-order valence-electron chi connectivity index (χ1n) is 4.79. The smallest absolute Gasteiger partial charge is 0.166 e. The molecule has 0 saturated carbocycles. The van der Waals surface area contributed by atoms with Crippen LogP contribution >= 0.6 is 0 Å².